The first-order valence-corrected chi connectivity index (χ1v) is 15.9. The van der Waals surface area contributed by atoms with Crippen LogP contribution in [0.15, 0.2) is 114 Å². The number of anilines is 1. The predicted molar refractivity (Wildman–Crippen MR) is 171 cm³/mol. The number of nitrogens with one attached hydrogen (secondary N) is 1. The molecular weight excluding hydrogens is 601 g/mol. The molecule has 1 N–H and O–H groups in total. The molecule has 44 heavy (non-hydrogen) atoms. The molecule has 0 spiro atoms. The minimum absolute atomic E-state index is 0.0262. The summed E-state index contributed by atoms with van der Waals surface area (Å²) in [4.78, 5) is 29.5. The van der Waals surface area contributed by atoms with Crippen LogP contribution in [-0.4, -0.2) is 43.3 Å². The van der Waals surface area contributed by atoms with Crippen molar-refractivity contribution < 1.29 is 22.4 Å². The van der Waals surface area contributed by atoms with Gasteiger partial charge in [0.15, 0.2) is 0 Å². The van der Waals surface area contributed by atoms with Crippen molar-refractivity contribution >= 4 is 39.1 Å². The molecule has 0 unspecified atom stereocenters. The topological polar surface area (TPSA) is 86.8 Å². The molecule has 4 aromatic carbocycles. The van der Waals surface area contributed by atoms with Crippen LogP contribution in [0.1, 0.15) is 31.9 Å². The van der Waals surface area contributed by atoms with Crippen LogP contribution in [0.4, 0.5) is 10.1 Å². The molecule has 2 amide bonds. The molecule has 0 aliphatic rings. The maximum atomic E-state index is 15.2. The Kier molecular flexibility index (Phi) is 10.4. The summed E-state index contributed by atoms with van der Waals surface area (Å²) in [5, 5.41) is 3.47. The molecule has 10 heteroatoms. The maximum Gasteiger partial charge on any atom is 0.264 e. The van der Waals surface area contributed by atoms with Gasteiger partial charge in [0.1, 0.15) is 18.4 Å². The fourth-order valence-corrected chi connectivity index (χ4v) is 6.25. The second kappa shape index (κ2) is 14.1. The van der Waals surface area contributed by atoms with Gasteiger partial charge in [-0.05, 0) is 68.3 Å². The smallest absolute Gasteiger partial charge is 0.264 e. The van der Waals surface area contributed by atoms with Crippen molar-refractivity contribution in [1.29, 1.82) is 0 Å². The summed E-state index contributed by atoms with van der Waals surface area (Å²) in [6, 6.07) is 27.9. The van der Waals surface area contributed by atoms with Gasteiger partial charge in [0, 0.05) is 23.5 Å². The highest BCUT2D eigenvalue weighted by Gasteiger charge is 2.36. The number of sulfonamides is 1. The monoisotopic (exact) mass is 635 g/mol. The number of amides is 2. The Bertz CT molecular complexity index is 1680. The molecule has 0 heterocycles. The third-order valence-corrected chi connectivity index (χ3v) is 8.79. The normalized spacial score (nSPS) is 12.3. The van der Waals surface area contributed by atoms with Crippen LogP contribution in [0.2, 0.25) is 5.02 Å². The first-order chi connectivity index (χ1) is 20.8. The second-order valence-corrected chi connectivity index (χ2v) is 13.7. The number of carbonyl (C=O) groups excluding carboxylic acids is 2. The number of benzene rings is 4. The highest BCUT2D eigenvalue weighted by Crippen LogP contribution is 2.27. The summed E-state index contributed by atoms with van der Waals surface area (Å²) < 4.78 is 43.8. The van der Waals surface area contributed by atoms with E-state index in [9.17, 15) is 18.0 Å². The van der Waals surface area contributed by atoms with Crippen LogP contribution < -0.4 is 9.62 Å². The summed E-state index contributed by atoms with van der Waals surface area (Å²) in [5.74, 6) is -1.91. The van der Waals surface area contributed by atoms with E-state index in [1.165, 1.54) is 35.2 Å². The minimum Gasteiger partial charge on any atom is -0.350 e. The molecule has 0 saturated carbocycles. The van der Waals surface area contributed by atoms with E-state index in [1.54, 1.807) is 42.5 Å². The summed E-state index contributed by atoms with van der Waals surface area (Å²) in [6.07, 6.45) is 0.160. The second-order valence-electron chi connectivity index (χ2n) is 11.4. The molecule has 0 radical (unpaired) electrons. The maximum absolute atomic E-state index is 15.2. The van der Waals surface area contributed by atoms with Crippen molar-refractivity contribution in [2.24, 2.45) is 0 Å². The molecule has 1 atom stereocenters. The average molecular weight is 636 g/mol. The van der Waals surface area contributed by atoms with Crippen molar-refractivity contribution in [3.05, 3.63) is 131 Å². The first kappa shape index (κ1) is 32.7. The highest BCUT2D eigenvalue weighted by molar-refractivity contribution is 7.92. The van der Waals surface area contributed by atoms with E-state index in [4.69, 9.17) is 11.6 Å². The Morgan fingerprint density at radius 1 is 0.818 bits per heavy atom. The summed E-state index contributed by atoms with van der Waals surface area (Å²) in [7, 11) is -4.39. The van der Waals surface area contributed by atoms with Gasteiger partial charge in [0.2, 0.25) is 11.8 Å². The molecule has 230 valence electrons. The Morgan fingerprint density at radius 2 is 1.39 bits per heavy atom. The largest absolute Gasteiger partial charge is 0.350 e. The van der Waals surface area contributed by atoms with Gasteiger partial charge < -0.3 is 10.2 Å². The van der Waals surface area contributed by atoms with Crippen LogP contribution in [0.25, 0.3) is 0 Å². The third-order valence-electron chi connectivity index (χ3n) is 6.77. The van der Waals surface area contributed by atoms with Gasteiger partial charge in [-0.3, -0.25) is 13.9 Å². The van der Waals surface area contributed by atoms with Crippen molar-refractivity contribution in [2.45, 2.75) is 50.2 Å². The SMILES string of the molecule is CC(C)(C)NC(=O)[C@H](Cc1ccccc1)N(Cc1ccc(Cl)cc1)C(=O)CN(c1ccccc1F)S(=O)(=O)c1ccccc1. The van der Waals surface area contributed by atoms with Crippen LogP contribution in [-0.2, 0) is 32.6 Å². The Balaban J connectivity index is 1.82. The van der Waals surface area contributed by atoms with Crippen molar-refractivity contribution in [1.82, 2.24) is 10.2 Å². The van der Waals surface area contributed by atoms with E-state index < -0.39 is 45.8 Å². The standard InChI is InChI=1S/C34H35ClFN3O4S/c1-34(2,3)37-33(41)31(22-25-12-6-4-7-13-25)38(23-26-18-20-27(35)21-19-26)32(40)24-39(30-17-11-10-16-29(30)36)44(42,43)28-14-8-5-9-15-28/h4-21,31H,22-24H2,1-3H3,(H,37,41)/t31-/m0/s1. The van der Waals surface area contributed by atoms with Crippen LogP contribution in [0, 0.1) is 5.82 Å². The zero-order chi connectivity index (χ0) is 31.9. The van der Waals surface area contributed by atoms with Gasteiger partial charge in [-0.25, -0.2) is 12.8 Å². The zero-order valence-electron chi connectivity index (χ0n) is 24.8. The van der Waals surface area contributed by atoms with Gasteiger partial charge in [-0.2, -0.15) is 0 Å². The zero-order valence-corrected chi connectivity index (χ0v) is 26.4. The molecule has 4 rings (SSSR count). The predicted octanol–water partition coefficient (Wildman–Crippen LogP) is 6.23. The fourth-order valence-electron chi connectivity index (χ4n) is 4.68. The minimum atomic E-state index is -4.39. The van der Waals surface area contributed by atoms with Crippen LogP contribution in [0.3, 0.4) is 0 Å². The third kappa shape index (κ3) is 8.45. The molecule has 0 aliphatic carbocycles. The van der Waals surface area contributed by atoms with Crippen LogP contribution in [0.5, 0.6) is 0 Å². The van der Waals surface area contributed by atoms with Gasteiger partial charge in [-0.1, -0.05) is 84.4 Å². The van der Waals surface area contributed by atoms with Gasteiger partial charge >= 0.3 is 0 Å². The van der Waals surface area contributed by atoms with E-state index in [1.807, 2.05) is 51.1 Å². The lowest BCUT2D eigenvalue weighted by Gasteiger charge is -2.35. The highest BCUT2D eigenvalue weighted by atomic mass is 35.5. The summed E-state index contributed by atoms with van der Waals surface area (Å²) in [5.41, 5.74) is 0.581. The molecule has 7 nitrogen and oxygen atoms in total. The van der Waals surface area contributed by atoms with E-state index in [2.05, 4.69) is 5.32 Å². The number of para-hydroxylation sites is 1. The number of rotatable bonds is 11. The van der Waals surface area contributed by atoms with Crippen LogP contribution >= 0.6 is 11.6 Å². The molecule has 0 saturated heterocycles. The van der Waals surface area contributed by atoms with Gasteiger partial charge in [0.05, 0.1) is 10.6 Å². The number of nitrogens with zero attached hydrogens (tertiary/aromatic N) is 2. The van der Waals surface area contributed by atoms with Crippen molar-refractivity contribution in [3.8, 4) is 0 Å². The van der Waals surface area contributed by atoms with Gasteiger partial charge in [-0.15, -0.1) is 0 Å². The van der Waals surface area contributed by atoms with E-state index in [0.717, 1.165) is 15.9 Å². The number of hydrogen-bond donors (Lipinski definition) is 1. The molecule has 0 aromatic heterocycles. The number of carbonyl (C=O) groups is 2. The van der Waals surface area contributed by atoms with E-state index in [0.29, 0.717) is 10.6 Å². The molecular formula is C34H35ClFN3O4S. The molecule has 4 aromatic rings. The van der Waals surface area contributed by atoms with Gasteiger partial charge in [0.25, 0.3) is 10.0 Å². The van der Waals surface area contributed by atoms with Crippen molar-refractivity contribution in [3.63, 3.8) is 0 Å². The van der Waals surface area contributed by atoms with E-state index >= 15 is 4.39 Å². The summed E-state index contributed by atoms with van der Waals surface area (Å²) in [6.45, 7) is 4.73. The van der Waals surface area contributed by atoms with E-state index in [-0.39, 0.29) is 23.5 Å². The number of halogens is 2. The average Bonchev–Trinajstić information content (AvgIpc) is 2.99. The first-order valence-electron chi connectivity index (χ1n) is 14.1. The Hall–Kier alpha value is -4.21. The lowest BCUT2D eigenvalue weighted by Crippen LogP contribution is -2.56. The molecule has 0 bridgehead atoms. The quantitative estimate of drug-likeness (QED) is 0.212. The summed E-state index contributed by atoms with van der Waals surface area (Å²) >= 11 is 6.11. The fraction of sp³-hybridized carbons (Fsp3) is 0.235. The Morgan fingerprint density at radius 3 is 1.98 bits per heavy atom. The lowest BCUT2D eigenvalue weighted by molar-refractivity contribution is -0.140. The molecule has 0 aliphatic heterocycles. The lowest BCUT2D eigenvalue weighted by atomic mass is 10.0. The van der Waals surface area contributed by atoms with Crippen molar-refractivity contribution in [2.75, 3.05) is 10.8 Å². The number of hydrogen-bond acceptors (Lipinski definition) is 4. The molecule has 0 fully saturated rings. The Labute approximate surface area is 263 Å².